The number of benzene rings is 1. The Morgan fingerprint density at radius 3 is 2.82 bits per heavy atom. The van der Waals surface area contributed by atoms with E-state index in [1.165, 1.54) is 0 Å². The summed E-state index contributed by atoms with van der Waals surface area (Å²) in [5.74, 6) is 0.182. The molecule has 0 saturated heterocycles. The first kappa shape index (κ1) is 14.8. The number of hydrogen-bond acceptors (Lipinski definition) is 2. The fourth-order valence-electron chi connectivity index (χ4n) is 3.63. The molecule has 2 bridgehead atoms. The summed E-state index contributed by atoms with van der Waals surface area (Å²) in [5, 5.41) is 14.3. The molecule has 4 rings (SSSR count). The van der Waals surface area contributed by atoms with E-state index in [1.807, 2.05) is 12.1 Å². The summed E-state index contributed by atoms with van der Waals surface area (Å²) in [5.41, 5.74) is 0.508. The van der Waals surface area contributed by atoms with Crippen LogP contribution in [0.15, 0.2) is 24.3 Å². The fourth-order valence-corrected chi connectivity index (χ4v) is 3.63. The summed E-state index contributed by atoms with van der Waals surface area (Å²) < 4.78 is 25.9. The Bertz CT molecular complexity index is 620. The molecule has 0 spiro atoms. The van der Waals surface area contributed by atoms with Crippen molar-refractivity contribution in [3.8, 4) is 6.07 Å². The van der Waals surface area contributed by atoms with Crippen molar-refractivity contribution in [2.45, 2.75) is 38.3 Å². The van der Waals surface area contributed by atoms with Crippen LogP contribution in [-0.2, 0) is 6.54 Å². The maximum Gasteiger partial charge on any atom is 0.315 e. The molecule has 1 unspecified atom stereocenters. The van der Waals surface area contributed by atoms with Crippen LogP contribution in [0, 0.1) is 22.7 Å². The third kappa shape index (κ3) is 2.63. The van der Waals surface area contributed by atoms with Crippen molar-refractivity contribution in [2.24, 2.45) is 11.3 Å². The van der Waals surface area contributed by atoms with Gasteiger partial charge < -0.3 is 10.6 Å². The van der Waals surface area contributed by atoms with Crippen LogP contribution in [0.25, 0.3) is 0 Å². The van der Waals surface area contributed by atoms with Crippen LogP contribution < -0.4 is 10.6 Å². The second kappa shape index (κ2) is 5.56. The van der Waals surface area contributed by atoms with Gasteiger partial charge >= 0.3 is 6.03 Å². The monoisotopic (exact) mass is 305 g/mol. The van der Waals surface area contributed by atoms with E-state index in [1.54, 1.807) is 18.2 Å². The van der Waals surface area contributed by atoms with Crippen LogP contribution in [0.3, 0.4) is 0 Å². The van der Waals surface area contributed by atoms with E-state index < -0.39 is 11.8 Å². The summed E-state index contributed by atoms with van der Waals surface area (Å²) in [4.78, 5) is 11.9. The highest BCUT2D eigenvalue weighted by atomic mass is 19.3. The van der Waals surface area contributed by atoms with E-state index in [0.717, 1.165) is 5.56 Å². The van der Waals surface area contributed by atoms with Gasteiger partial charge in [0.2, 0.25) is 6.43 Å². The zero-order valence-corrected chi connectivity index (χ0v) is 12.0. The molecule has 1 aromatic carbocycles. The lowest BCUT2D eigenvalue weighted by Crippen LogP contribution is -2.43. The number of hydrogen-bond donors (Lipinski definition) is 2. The molecule has 3 aliphatic carbocycles. The largest absolute Gasteiger partial charge is 0.335 e. The highest BCUT2D eigenvalue weighted by Crippen LogP contribution is 2.61. The van der Waals surface area contributed by atoms with Crippen molar-refractivity contribution < 1.29 is 13.6 Å². The minimum atomic E-state index is -2.30. The number of carbonyl (C=O) groups excluding carboxylic acids is 1. The number of nitriles is 1. The molecule has 116 valence electrons. The first-order valence-electron chi connectivity index (χ1n) is 7.34. The fraction of sp³-hybridized carbons (Fsp3) is 0.500. The van der Waals surface area contributed by atoms with Gasteiger partial charge in [-0.25, -0.2) is 13.6 Å². The smallest absolute Gasteiger partial charge is 0.315 e. The van der Waals surface area contributed by atoms with E-state index in [-0.39, 0.29) is 18.0 Å². The maximum absolute atomic E-state index is 13.0. The van der Waals surface area contributed by atoms with E-state index in [0.29, 0.717) is 31.4 Å². The second-order valence-corrected chi connectivity index (χ2v) is 6.28. The van der Waals surface area contributed by atoms with Crippen LogP contribution in [0.4, 0.5) is 13.6 Å². The number of fused-ring (bicyclic) bond motifs is 1. The minimum absolute atomic E-state index is 0.153. The Labute approximate surface area is 127 Å². The van der Waals surface area contributed by atoms with Gasteiger partial charge in [0, 0.05) is 18.0 Å². The van der Waals surface area contributed by atoms with Crippen molar-refractivity contribution in [1.29, 1.82) is 5.26 Å². The lowest BCUT2D eigenvalue weighted by molar-refractivity contribution is -0.0501. The first-order valence-corrected chi connectivity index (χ1v) is 7.34. The van der Waals surface area contributed by atoms with Gasteiger partial charge in [-0.3, -0.25) is 0 Å². The molecule has 0 aromatic heterocycles. The predicted octanol–water partition coefficient (Wildman–Crippen LogP) is 2.79. The van der Waals surface area contributed by atoms with Gasteiger partial charge in [0.25, 0.3) is 0 Å². The Morgan fingerprint density at radius 1 is 1.41 bits per heavy atom. The highest BCUT2D eigenvalue weighted by Gasteiger charge is 2.61. The topological polar surface area (TPSA) is 64.9 Å². The molecule has 6 heteroatoms. The third-order valence-electron chi connectivity index (χ3n) is 4.82. The van der Waals surface area contributed by atoms with Crippen molar-refractivity contribution in [2.75, 3.05) is 0 Å². The Hall–Kier alpha value is -2.16. The van der Waals surface area contributed by atoms with Gasteiger partial charge in [-0.1, -0.05) is 12.1 Å². The van der Waals surface area contributed by atoms with E-state index in [9.17, 15) is 13.6 Å². The standard InChI is InChI=1S/C16H17F2N3O/c17-14(18)16-5-12(6-16)13(7-16)21-15(22)20-9-11-3-1-2-10(4-11)8-19/h1-4,12-14H,5-7,9H2,(H2,20,21,22). The number of alkyl halides is 2. The van der Waals surface area contributed by atoms with Gasteiger partial charge in [-0.2, -0.15) is 5.26 Å². The molecule has 2 N–H and O–H groups in total. The highest BCUT2D eigenvalue weighted by molar-refractivity contribution is 5.74. The van der Waals surface area contributed by atoms with Crippen molar-refractivity contribution in [3.63, 3.8) is 0 Å². The van der Waals surface area contributed by atoms with Gasteiger partial charge in [0.05, 0.1) is 11.6 Å². The lowest BCUT2D eigenvalue weighted by atomic mass is 9.70. The van der Waals surface area contributed by atoms with Crippen molar-refractivity contribution in [1.82, 2.24) is 10.6 Å². The maximum atomic E-state index is 13.0. The normalized spacial score (nSPS) is 28.8. The van der Waals surface area contributed by atoms with Gasteiger partial charge in [0.1, 0.15) is 0 Å². The van der Waals surface area contributed by atoms with E-state index in [2.05, 4.69) is 10.6 Å². The molecular formula is C16H17F2N3O. The molecule has 1 atom stereocenters. The number of rotatable bonds is 4. The van der Waals surface area contributed by atoms with Gasteiger partial charge in [-0.05, 0) is 42.9 Å². The summed E-state index contributed by atoms with van der Waals surface area (Å²) in [7, 11) is 0. The SMILES string of the molecule is N#Cc1cccc(CNC(=O)NC2CC3(C(F)F)CC2C3)c1. The number of urea groups is 1. The molecule has 3 saturated carbocycles. The van der Waals surface area contributed by atoms with Gasteiger partial charge in [0.15, 0.2) is 0 Å². The van der Waals surface area contributed by atoms with Crippen LogP contribution in [0.1, 0.15) is 30.4 Å². The number of carbonyl (C=O) groups is 1. The van der Waals surface area contributed by atoms with E-state index >= 15 is 0 Å². The predicted molar refractivity (Wildman–Crippen MR) is 76.1 cm³/mol. The zero-order valence-electron chi connectivity index (χ0n) is 12.0. The summed E-state index contributed by atoms with van der Waals surface area (Å²) >= 11 is 0. The third-order valence-corrected chi connectivity index (χ3v) is 4.82. The first-order chi connectivity index (χ1) is 10.5. The lowest BCUT2D eigenvalue weighted by Gasteiger charge is -2.37. The molecule has 22 heavy (non-hydrogen) atoms. The number of nitrogens with zero attached hydrogens (tertiary/aromatic N) is 1. The van der Waals surface area contributed by atoms with E-state index in [4.69, 9.17) is 5.26 Å². The molecule has 2 amide bonds. The average molecular weight is 305 g/mol. The summed E-state index contributed by atoms with van der Waals surface area (Å²) in [6, 6.07) is 8.52. The quantitative estimate of drug-likeness (QED) is 0.898. The Morgan fingerprint density at radius 2 is 2.18 bits per heavy atom. The summed E-state index contributed by atoms with van der Waals surface area (Å²) in [6.07, 6.45) is -0.904. The van der Waals surface area contributed by atoms with Crippen molar-refractivity contribution >= 4 is 6.03 Å². The molecule has 3 fully saturated rings. The number of amides is 2. The Kier molecular flexibility index (Phi) is 3.73. The molecule has 4 nitrogen and oxygen atoms in total. The van der Waals surface area contributed by atoms with Gasteiger partial charge in [-0.15, -0.1) is 0 Å². The minimum Gasteiger partial charge on any atom is -0.335 e. The molecule has 0 heterocycles. The Balaban J connectivity index is 1.49. The summed E-state index contributed by atoms with van der Waals surface area (Å²) in [6.45, 7) is 0.304. The molecule has 1 aromatic rings. The molecule has 0 aliphatic heterocycles. The molecule has 0 radical (unpaired) electrons. The zero-order chi connectivity index (χ0) is 15.7. The van der Waals surface area contributed by atoms with Crippen LogP contribution >= 0.6 is 0 Å². The average Bonchev–Trinajstić information content (AvgIpc) is 3.00. The molecular weight excluding hydrogens is 288 g/mol. The second-order valence-electron chi connectivity index (χ2n) is 6.28. The van der Waals surface area contributed by atoms with Crippen LogP contribution in [0.2, 0.25) is 0 Å². The van der Waals surface area contributed by atoms with Crippen LogP contribution in [0.5, 0.6) is 0 Å². The number of nitrogens with one attached hydrogen (secondary N) is 2. The van der Waals surface area contributed by atoms with Crippen molar-refractivity contribution in [3.05, 3.63) is 35.4 Å². The van der Waals surface area contributed by atoms with Crippen LogP contribution in [-0.4, -0.2) is 18.5 Å². The number of halogens is 2. The molecule has 3 aliphatic rings.